The van der Waals surface area contributed by atoms with E-state index in [1.54, 1.807) is 42.5 Å². The molecule has 0 aromatic heterocycles. The lowest BCUT2D eigenvalue weighted by Crippen LogP contribution is -2.49. The average molecular weight is 451 g/mol. The number of carbonyl (C=O) groups excluding carboxylic acids is 2. The second-order valence-electron chi connectivity index (χ2n) is 7.01. The molecule has 1 saturated heterocycles. The van der Waals surface area contributed by atoms with E-state index < -0.39 is 5.41 Å². The predicted octanol–water partition coefficient (Wildman–Crippen LogP) is 4.20. The van der Waals surface area contributed by atoms with E-state index in [2.05, 4.69) is 10.6 Å². The molecule has 30 heavy (non-hydrogen) atoms. The number of halogens is 2. The molecule has 0 atom stereocenters. The van der Waals surface area contributed by atoms with Crippen molar-refractivity contribution in [2.24, 2.45) is 0 Å². The molecule has 0 bridgehead atoms. The summed E-state index contributed by atoms with van der Waals surface area (Å²) in [6, 6.07) is 12.2. The lowest BCUT2D eigenvalue weighted by Gasteiger charge is -2.36. The van der Waals surface area contributed by atoms with Crippen LogP contribution in [0.15, 0.2) is 42.5 Å². The number of hydrogen-bond donors (Lipinski definition) is 2. The standard InChI is InChI=1S/C22H24Cl2N2O4/c1-2-30-17-6-4-16(5-7-17)26-20(27)14-25-21(28)22(9-11-29-12-10-22)18-8-3-15(23)13-19(18)24/h3-8,13H,2,9-12,14H2,1H3,(H,25,28)(H,26,27). The second kappa shape index (κ2) is 10.2. The molecule has 1 aliphatic rings. The first-order valence-corrected chi connectivity index (χ1v) is 10.5. The van der Waals surface area contributed by atoms with E-state index in [0.29, 0.717) is 54.0 Å². The number of anilines is 1. The number of amides is 2. The van der Waals surface area contributed by atoms with E-state index in [4.69, 9.17) is 32.7 Å². The topological polar surface area (TPSA) is 76.7 Å². The molecule has 2 aromatic rings. The molecule has 0 aliphatic carbocycles. The van der Waals surface area contributed by atoms with Gasteiger partial charge in [0.2, 0.25) is 11.8 Å². The normalized spacial score (nSPS) is 15.3. The van der Waals surface area contributed by atoms with Crippen LogP contribution in [0.5, 0.6) is 5.75 Å². The monoisotopic (exact) mass is 450 g/mol. The maximum absolute atomic E-state index is 13.2. The Hall–Kier alpha value is -2.28. The summed E-state index contributed by atoms with van der Waals surface area (Å²) >= 11 is 12.4. The van der Waals surface area contributed by atoms with Crippen LogP contribution in [0.3, 0.4) is 0 Å². The molecule has 2 aromatic carbocycles. The minimum Gasteiger partial charge on any atom is -0.494 e. The summed E-state index contributed by atoms with van der Waals surface area (Å²) in [6.45, 7) is 3.19. The van der Waals surface area contributed by atoms with E-state index in [1.807, 2.05) is 6.92 Å². The molecule has 3 rings (SSSR count). The van der Waals surface area contributed by atoms with Crippen molar-refractivity contribution in [2.75, 3.05) is 31.7 Å². The molecular weight excluding hydrogens is 427 g/mol. The third kappa shape index (κ3) is 5.25. The molecule has 160 valence electrons. The Balaban J connectivity index is 1.66. The summed E-state index contributed by atoms with van der Waals surface area (Å²) < 4.78 is 10.8. The summed E-state index contributed by atoms with van der Waals surface area (Å²) in [7, 11) is 0. The number of hydrogen-bond acceptors (Lipinski definition) is 4. The summed E-state index contributed by atoms with van der Waals surface area (Å²) in [6.07, 6.45) is 0.946. The molecule has 8 heteroatoms. The Kier molecular flexibility index (Phi) is 7.58. The van der Waals surface area contributed by atoms with E-state index in [-0.39, 0.29) is 18.4 Å². The molecule has 0 spiro atoms. The van der Waals surface area contributed by atoms with Crippen LogP contribution in [0.1, 0.15) is 25.3 Å². The van der Waals surface area contributed by atoms with Crippen molar-refractivity contribution in [3.05, 3.63) is 58.1 Å². The van der Waals surface area contributed by atoms with E-state index in [1.165, 1.54) is 0 Å². The molecule has 1 aliphatic heterocycles. The number of nitrogens with one attached hydrogen (secondary N) is 2. The first-order chi connectivity index (χ1) is 14.4. The highest BCUT2D eigenvalue weighted by molar-refractivity contribution is 6.35. The van der Waals surface area contributed by atoms with Crippen LogP contribution in [0.4, 0.5) is 5.69 Å². The quantitative estimate of drug-likeness (QED) is 0.662. The first kappa shape index (κ1) is 22.4. The first-order valence-electron chi connectivity index (χ1n) is 9.79. The van der Waals surface area contributed by atoms with Crippen LogP contribution in [-0.2, 0) is 19.7 Å². The van der Waals surface area contributed by atoms with Crippen molar-refractivity contribution in [3.63, 3.8) is 0 Å². The van der Waals surface area contributed by atoms with E-state index in [0.717, 1.165) is 5.75 Å². The summed E-state index contributed by atoms with van der Waals surface area (Å²) in [5, 5.41) is 6.46. The van der Waals surface area contributed by atoms with Crippen molar-refractivity contribution in [2.45, 2.75) is 25.2 Å². The van der Waals surface area contributed by atoms with Crippen LogP contribution >= 0.6 is 23.2 Å². The van der Waals surface area contributed by atoms with Crippen LogP contribution < -0.4 is 15.4 Å². The van der Waals surface area contributed by atoms with Gasteiger partial charge in [-0.25, -0.2) is 0 Å². The largest absolute Gasteiger partial charge is 0.494 e. The van der Waals surface area contributed by atoms with E-state index >= 15 is 0 Å². The molecule has 0 unspecified atom stereocenters. The van der Waals surface area contributed by atoms with Gasteiger partial charge >= 0.3 is 0 Å². The van der Waals surface area contributed by atoms with Gasteiger partial charge in [0.1, 0.15) is 5.75 Å². The zero-order valence-electron chi connectivity index (χ0n) is 16.7. The van der Waals surface area contributed by atoms with Gasteiger partial charge in [0.05, 0.1) is 18.6 Å². The maximum Gasteiger partial charge on any atom is 0.243 e. The smallest absolute Gasteiger partial charge is 0.243 e. The molecule has 1 fully saturated rings. The highest BCUT2D eigenvalue weighted by atomic mass is 35.5. The zero-order valence-corrected chi connectivity index (χ0v) is 18.2. The third-order valence-electron chi connectivity index (χ3n) is 5.09. The number of benzene rings is 2. The fourth-order valence-corrected chi connectivity index (χ4v) is 4.14. The molecule has 2 amide bonds. The Morgan fingerprint density at radius 3 is 2.43 bits per heavy atom. The minimum atomic E-state index is -0.862. The average Bonchev–Trinajstić information content (AvgIpc) is 2.74. The van der Waals surface area contributed by atoms with Gasteiger partial charge in [0.25, 0.3) is 0 Å². The number of carbonyl (C=O) groups is 2. The van der Waals surface area contributed by atoms with Gasteiger partial charge in [0, 0.05) is 28.9 Å². The molecule has 0 saturated carbocycles. The van der Waals surface area contributed by atoms with Crippen molar-refractivity contribution in [1.82, 2.24) is 5.32 Å². The molecule has 0 radical (unpaired) electrons. The SMILES string of the molecule is CCOc1ccc(NC(=O)CNC(=O)C2(c3ccc(Cl)cc3Cl)CCOCC2)cc1. The second-order valence-corrected chi connectivity index (χ2v) is 7.85. The van der Waals surface area contributed by atoms with Crippen LogP contribution in [0.2, 0.25) is 10.0 Å². The Labute approximate surface area is 185 Å². The Bertz CT molecular complexity index is 897. The van der Waals surface area contributed by atoms with Gasteiger partial charge < -0.3 is 20.1 Å². The third-order valence-corrected chi connectivity index (χ3v) is 5.63. The van der Waals surface area contributed by atoms with Gasteiger partial charge in [0.15, 0.2) is 0 Å². The lowest BCUT2D eigenvalue weighted by atomic mass is 9.73. The van der Waals surface area contributed by atoms with Gasteiger partial charge in [-0.3, -0.25) is 9.59 Å². The summed E-state index contributed by atoms with van der Waals surface area (Å²) in [5.41, 5.74) is 0.458. The predicted molar refractivity (Wildman–Crippen MR) is 117 cm³/mol. The zero-order chi connectivity index (χ0) is 21.6. The van der Waals surface area contributed by atoms with Gasteiger partial charge in [-0.15, -0.1) is 0 Å². The van der Waals surface area contributed by atoms with E-state index in [9.17, 15) is 9.59 Å². The number of ether oxygens (including phenoxy) is 2. The summed E-state index contributed by atoms with van der Waals surface area (Å²) in [4.78, 5) is 25.5. The maximum atomic E-state index is 13.2. The Morgan fingerprint density at radius 1 is 1.10 bits per heavy atom. The minimum absolute atomic E-state index is 0.153. The fourth-order valence-electron chi connectivity index (χ4n) is 3.55. The van der Waals surface area contributed by atoms with Gasteiger partial charge in [-0.2, -0.15) is 0 Å². The highest BCUT2D eigenvalue weighted by Crippen LogP contribution is 2.39. The van der Waals surface area contributed by atoms with Crippen LogP contribution in [0.25, 0.3) is 0 Å². The van der Waals surface area contributed by atoms with Gasteiger partial charge in [-0.1, -0.05) is 29.3 Å². The lowest BCUT2D eigenvalue weighted by molar-refractivity contribution is -0.132. The number of rotatable bonds is 7. The van der Waals surface area contributed by atoms with Crippen LogP contribution in [-0.4, -0.2) is 38.2 Å². The summed E-state index contributed by atoms with van der Waals surface area (Å²) in [5.74, 6) is 0.152. The Morgan fingerprint density at radius 2 is 1.80 bits per heavy atom. The van der Waals surface area contributed by atoms with Crippen molar-refractivity contribution in [3.8, 4) is 5.75 Å². The van der Waals surface area contributed by atoms with Crippen molar-refractivity contribution < 1.29 is 19.1 Å². The molecular formula is C22H24Cl2N2O4. The van der Waals surface area contributed by atoms with Crippen molar-refractivity contribution in [1.29, 1.82) is 0 Å². The molecule has 2 N–H and O–H groups in total. The van der Waals surface area contributed by atoms with Crippen molar-refractivity contribution >= 4 is 40.7 Å². The fraction of sp³-hybridized carbons (Fsp3) is 0.364. The molecule has 1 heterocycles. The highest BCUT2D eigenvalue weighted by Gasteiger charge is 2.43. The molecule has 6 nitrogen and oxygen atoms in total. The van der Waals surface area contributed by atoms with Crippen LogP contribution in [0, 0.1) is 0 Å². The van der Waals surface area contributed by atoms with Gasteiger partial charge in [-0.05, 0) is 61.7 Å².